The van der Waals surface area contributed by atoms with Crippen molar-refractivity contribution in [3.05, 3.63) is 71.8 Å². The molecule has 0 spiro atoms. The predicted molar refractivity (Wildman–Crippen MR) is 88.1 cm³/mol. The fourth-order valence-corrected chi connectivity index (χ4v) is 1.77. The van der Waals surface area contributed by atoms with Crippen LogP contribution in [0.5, 0.6) is 5.75 Å². The number of hydrazine groups is 1. The van der Waals surface area contributed by atoms with Gasteiger partial charge in [0.15, 0.2) is 6.61 Å². The predicted octanol–water partition coefficient (Wildman–Crippen LogP) is 2.10. The second-order valence-electron chi connectivity index (χ2n) is 4.77. The largest absolute Gasteiger partial charge is 0.484 e. The highest BCUT2D eigenvalue weighted by atomic mass is 16.5. The first-order chi connectivity index (χ1) is 11.6. The van der Waals surface area contributed by atoms with Crippen LogP contribution in [0.3, 0.4) is 0 Å². The minimum atomic E-state index is -0.380. The molecule has 2 rings (SSSR count). The van der Waals surface area contributed by atoms with Crippen LogP contribution in [0.15, 0.2) is 55.1 Å². The van der Waals surface area contributed by atoms with Gasteiger partial charge in [-0.1, -0.05) is 18.7 Å². The van der Waals surface area contributed by atoms with Crippen LogP contribution < -0.4 is 15.6 Å². The lowest BCUT2D eigenvalue weighted by atomic mass is 10.1. The summed E-state index contributed by atoms with van der Waals surface area (Å²) in [6.07, 6.45) is 0. The standard InChI is InChI=1S/C18H14N4O2/c1-13(16-6-2-14(10-19)3-7-16)21-22-18(23)12-24-17-8-4-15(11-20)5-9-17/h2-9,21H,1,12H2,(H,22,23). The van der Waals surface area contributed by atoms with Gasteiger partial charge in [-0.3, -0.25) is 15.6 Å². The third-order valence-electron chi connectivity index (χ3n) is 3.07. The normalized spacial score (nSPS) is 9.25. The smallest absolute Gasteiger partial charge is 0.276 e. The molecule has 0 aliphatic carbocycles. The molecule has 2 aromatic rings. The molecule has 6 nitrogen and oxygen atoms in total. The van der Waals surface area contributed by atoms with Gasteiger partial charge in [-0.2, -0.15) is 10.5 Å². The molecule has 0 saturated carbocycles. The lowest BCUT2D eigenvalue weighted by Crippen LogP contribution is -2.38. The Balaban J connectivity index is 1.78. The maximum atomic E-state index is 11.7. The van der Waals surface area contributed by atoms with Crippen molar-refractivity contribution in [2.24, 2.45) is 0 Å². The first kappa shape index (κ1) is 16.6. The summed E-state index contributed by atoms with van der Waals surface area (Å²) in [7, 11) is 0. The summed E-state index contributed by atoms with van der Waals surface area (Å²) in [4.78, 5) is 11.7. The van der Waals surface area contributed by atoms with Crippen molar-refractivity contribution in [1.82, 2.24) is 10.9 Å². The molecular weight excluding hydrogens is 304 g/mol. The van der Waals surface area contributed by atoms with Crippen molar-refractivity contribution >= 4 is 11.6 Å². The summed E-state index contributed by atoms with van der Waals surface area (Å²) < 4.78 is 5.31. The molecule has 1 amide bonds. The summed E-state index contributed by atoms with van der Waals surface area (Å²) >= 11 is 0. The number of carbonyl (C=O) groups is 1. The van der Waals surface area contributed by atoms with E-state index in [1.165, 1.54) is 0 Å². The van der Waals surface area contributed by atoms with Gasteiger partial charge in [0.1, 0.15) is 5.75 Å². The highest BCUT2D eigenvalue weighted by Gasteiger charge is 2.04. The summed E-state index contributed by atoms with van der Waals surface area (Å²) in [6.45, 7) is 3.63. The monoisotopic (exact) mass is 318 g/mol. The van der Waals surface area contributed by atoms with Crippen LogP contribution in [0.25, 0.3) is 5.70 Å². The van der Waals surface area contributed by atoms with Crippen LogP contribution in [0, 0.1) is 22.7 Å². The first-order valence-corrected chi connectivity index (χ1v) is 6.99. The fourth-order valence-electron chi connectivity index (χ4n) is 1.77. The second-order valence-corrected chi connectivity index (χ2v) is 4.77. The number of nitrogens with one attached hydrogen (secondary N) is 2. The van der Waals surface area contributed by atoms with Gasteiger partial charge in [0.2, 0.25) is 0 Å². The molecule has 2 aromatic carbocycles. The molecule has 0 saturated heterocycles. The van der Waals surface area contributed by atoms with Gasteiger partial charge in [0.05, 0.1) is 29.0 Å². The summed E-state index contributed by atoms with van der Waals surface area (Å²) in [5.74, 6) is 0.115. The van der Waals surface area contributed by atoms with E-state index in [0.717, 1.165) is 5.56 Å². The topological polar surface area (TPSA) is 97.9 Å². The van der Waals surface area contributed by atoms with Crippen LogP contribution in [0.2, 0.25) is 0 Å². The molecule has 0 atom stereocenters. The number of nitriles is 2. The Bertz CT molecular complexity index is 812. The van der Waals surface area contributed by atoms with E-state index in [0.29, 0.717) is 22.6 Å². The number of nitrogens with zero attached hydrogens (tertiary/aromatic N) is 2. The number of hydrogen-bond donors (Lipinski definition) is 2. The molecule has 0 heterocycles. The fraction of sp³-hybridized carbons (Fsp3) is 0.0556. The van der Waals surface area contributed by atoms with Crippen molar-refractivity contribution < 1.29 is 9.53 Å². The van der Waals surface area contributed by atoms with E-state index in [2.05, 4.69) is 17.4 Å². The Morgan fingerprint density at radius 3 is 2.04 bits per heavy atom. The zero-order valence-corrected chi connectivity index (χ0v) is 12.7. The lowest BCUT2D eigenvalue weighted by Gasteiger charge is -2.12. The highest BCUT2D eigenvalue weighted by Crippen LogP contribution is 2.11. The molecular formula is C18H14N4O2. The van der Waals surface area contributed by atoms with Crippen LogP contribution in [-0.4, -0.2) is 12.5 Å². The third kappa shape index (κ3) is 4.62. The molecule has 24 heavy (non-hydrogen) atoms. The molecule has 0 radical (unpaired) electrons. The van der Waals surface area contributed by atoms with Crippen molar-refractivity contribution in [1.29, 1.82) is 10.5 Å². The average molecular weight is 318 g/mol. The molecule has 0 aliphatic heterocycles. The van der Waals surface area contributed by atoms with Gasteiger partial charge in [0.25, 0.3) is 5.91 Å². The average Bonchev–Trinajstić information content (AvgIpc) is 2.64. The minimum absolute atomic E-state index is 0.181. The van der Waals surface area contributed by atoms with Crippen LogP contribution in [-0.2, 0) is 4.79 Å². The van der Waals surface area contributed by atoms with Gasteiger partial charge in [-0.25, -0.2) is 0 Å². The van der Waals surface area contributed by atoms with E-state index in [-0.39, 0.29) is 12.5 Å². The van der Waals surface area contributed by atoms with E-state index in [1.54, 1.807) is 48.5 Å². The molecule has 118 valence electrons. The molecule has 0 unspecified atom stereocenters. The summed E-state index contributed by atoms with van der Waals surface area (Å²) in [6, 6.07) is 17.3. The van der Waals surface area contributed by atoms with Crippen LogP contribution >= 0.6 is 0 Å². The van der Waals surface area contributed by atoms with Gasteiger partial charge in [-0.15, -0.1) is 0 Å². The van der Waals surface area contributed by atoms with Gasteiger partial charge in [-0.05, 0) is 42.0 Å². The van der Waals surface area contributed by atoms with Crippen molar-refractivity contribution in [2.45, 2.75) is 0 Å². The molecule has 2 N–H and O–H groups in total. The maximum Gasteiger partial charge on any atom is 0.276 e. The number of ether oxygens (including phenoxy) is 1. The zero-order chi connectivity index (χ0) is 17.4. The summed E-state index contributed by atoms with van der Waals surface area (Å²) in [5.41, 5.74) is 7.47. The SMILES string of the molecule is C=C(NNC(=O)COc1ccc(C#N)cc1)c1ccc(C#N)cc1. The minimum Gasteiger partial charge on any atom is -0.484 e. The van der Waals surface area contributed by atoms with Crippen molar-refractivity contribution in [2.75, 3.05) is 6.61 Å². The molecule has 0 bridgehead atoms. The van der Waals surface area contributed by atoms with Gasteiger partial charge < -0.3 is 4.74 Å². The van der Waals surface area contributed by atoms with Crippen LogP contribution in [0.4, 0.5) is 0 Å². The molecule has 6 heteroatoms. The number of benzene rings is 2. The van der Waals surface area contributed by atoms with Crippen molar-refractivity contribution in [3.63, 3.8) is 0 Å². The lowest BCUT2D eigenvalue weighted by molar-refractivity contribution is -0.123. The molecule has 0 fully saturated rings. The number of carbonyl (C=O) groups excluding carboxylic acids is 1. The highest BCUT2D eigenvalue weighted by molar-refractivity contribution is 5.78. The van der Waals surface area contributed by atoms with Crippen LogP contribution in [0.1, 0.15) is 16.7 Å². The number of rotatable bonds is 6. The van der Waals surface area contributed by atoms with E-state index in [9.17, 15) is 4.79 Å². The Morgan fingerprint density at radius 1 is 0.958 bits per heavy atom. The number of amides is 1. The van der Waals surface area contributed by atoms with Gasteiger partial charge >= 0.3 is 0 Å². The van der Waals surface area contributed by atoms with E-state index in [4.69, 9.17) is 15.3 Å². The summed E-state index contributed by atoms with van der Waals surface area (Å²) in [5, 5.41) is 17.5. The van der Waals surface area contributed by atoms with E-state index < -0.39 is 0 Å². The zero-order valence-electron chi connectivity index (χ0n) is 12.7. The van der Waals surface area contributed by atoms with E-state index >= 15 is 0 Å². The molecule has 0 aliphatic rings. The second kappa shape index (κ2) is 8.02. The van der Waals surface area contributed by atoms with E-state index in [1.807, 2.05) is 12.1 Å². The first-order valence-electron chi connectivity index (χ1n) is 6.99. The Hall–Kier alpha value is -3.77. The quantitative estimate of drug-likeness (QED) is 0.795. The Labute approximate surface area is 139 Å². The molecule has 0 aromatic heterocycles. The Morgan fingerprint density at radius 2 is 1.50 bits per heavy atom. The number of hydrogen-bond acceptors (Lipinski definition) is 5. The Kier molecular flexibility index (Phi) is 5.55. The van der Waals surface area contributed by atoms with Gasteiger partial charge in [0, 0.05) is 0 Å². The maximum absolute atomic E-state index is 11.7. The third-order valence-corrected chi connectivity index (χ3v) is 3.07. The van der Waals surface area contributed by atoms with Crippen molar-refractivity contribution in [3.8, 4) is 17.9 Å².